The molecule has 0 spiro atoms. The topological polar surface area (TPSA) is 53.0 Å². The normalized spacial score (nSPS) is 9.44. The predicted molar refractivity (Wildman–Crippen MR) is 36.6 cm³/mol. The van der Waals surface area contributed by atoms with Gasteiger partial charge in [-0.2, -0.15) is 0 Å². The smallest absolute Gasteiger partial charge is 0.139 e. The molecule has 0 bridgehead atoms. The minimum Gasteiger partial charge on any atom is -0.384 e. The predicted octanol–water partition coefficient (Wildman–Crippen LogP) is 0.328. The van der Waals surface area contributed by atoms with Gasteiger partial charge in [0.2, 0.25) is 0 Å². The molecule has 0 heterocycles. The maximum Gasteiger partial charge on any atom is 0.139 e. The van der Waals surface area contributed by atoms with Crippen LogP contribution < -0.4 is 5.32 Å². The summed E-state index contributed by atoms with van der Waals surface area (Å²) in [5.41, 5.74) is 0.466. The molecule has 0 aliphatic heterocycles. The van der Waals surface area contributed by atoms with E-state index in [9.17, 15) is 4.79 Å². The minimum atomic E-state index is 0.309. The highest BCUT2D eigenvalue weighted by Crippen LogP contribution is 1.69. The van der Waals surface area contributed by atoms with Crippen LogP contribution >= 0.6 is 0 Å². The Morgan fingerprint density at radius 3 is 2.89 bits per heavy atom. The van der Waals surface area contributed by atoms with Crippen LogP contribution in [-0.2, 0) is 4.79 Å². The fourth-order valence-electron chi connectivity index (χ4n) is 0.300. The van der Waals surface area contributed by atoms with E-state index in [1.165, 1.54) is 0 Å². The van der Waals surface area contributed by atoms with Gasteiger partial charge in [-0.25, -0.2) is 0 Å². The molecule has 0 fully saturated rings. The van der Waals surface area contributed by atoms with E-state index in [1.807, 2.05) is 0 Å². The van der Waals surface area contributed by atoms with E-state index in [1.54, 1.807) is 19.2 Å². The van der Waals surface area contributed by atoms with Crippen LogP contribution in [0.15, 0.2) is 12.3 Å². The molecular weight excluding hydrogens is 116 g/mol. The molecule has 0 aromatic heterocycles. The van der Waals surface area contributed by atoms with E-state index in [0.717, 1.165) is 6.29 Å². The van der Waals surface area contributed by atoms with E-state index in [0.29, 0.717) is 12.3 Å². The lowest BCUT2D eigenvalue weighted by atomic mass is 10.4. The first-order valence-electron chi connectivity index (χ1n) is 2.66. The van der Waals surface area contributed by atoms with Crippen LogP contribution in [0.1, 0.15) is 6.92 Å². The lowest BCUT2D eigenvalue weighted by molar-refractivity contribution is -0.107. The van der Waals surface area contributed by atoms with Crippen molar-refractivity contribution < 1.29 is 4.79 Å². The summed E-state index contributed by atoms with van der Waals surface area (Å²) >= 11 is 0. The van der Waals surface area contributed by atoms with Crippen LogP contribution in [-0.4, -0.2) is 18.5 Å². The van der Waals surface area contributed by atoms with Crippen molar-refractivity contribution in [2.24, 2.45) is 0 Å². The van der Waals surface area contributed by atoms with Gasteiger partial charge in [-0.3, -0.25) is 0 Å². The second-order valence-electron chi connectivity index (χ2n) is 1.59. The van der Waals surface area contributed by atoms with Gasteiger partial charge in [-0.05, 0) is 19.2 Å². The molecule has 9 heavy (non-hydrogen) atoms. The monoisotopic (exact) mass is 126 g/mol. The van der Waals surface area contributed by atoms with Gasteiger partial charge in [0.1, 0.15) is 6.29 Å². The highest BCUT2D eigenvalue weighted by Gasteiger charge is 1.74. The molecular formula is C6H10N2O. The van der Waals surface area contributed by atoms with E-state index in [4.69, 9.17) is 5.41 Å². The lowest BCUT2D eigenvalue weighted by Gasteiger charge is -1.88. The number of nitrogens with one attached hydrogen (secondary N) is 2. The fourth-order valence-corrected chi connectivity index (χ4v) is 0.300. The Morgan fingerprint density at radius 1 is 1.78 bits per heavy atom. The lowest BCUT2D eigenvalue weighted by Crippen LogP contribution is -2.07. The van der Waals surface area contributed by atoms with E-state index in [2.05, 4.69) is 5.32 Å². The van der Waals surface area contributed by atoms with Crippen LogP contribution in [0.3, 0.4) is 0 Å². The average Bonchev–Trinajstić information content (AvgIpc) is 1.80. The Labute approximate surface area is 54.3 Å². The molecule has 0 aromatic carbocycles. The molecule has 0 saturated heterocycles. The van der Waals surface area contributed by atoms with Crippen molar-refractivity contribution >= 4 is 12.0 Å². The number of hydrogen-bond donors (Lipinski definition) is 2. The molecule has 0 radical (unpaired) electrons. The van der Waals surface area contributed by atoms with Crippen LogP contribution in [0, 0.1) is 5.41 Å². The van der Waals surface area contributed by atoms with Crippen molar-refractivity contribution in [2.45, 2.75) is 6.92 Å². The van der Waals surface area contributed by atoms with Crippen molar-refractivity contribution in [2.75, 3.05) is 6.54 Å². The maximum absolute atomic E-state index is 9.70. The summed E-state index contributed by atoms with van der Waals surface area (Å²) in [6, 6.07) is 0. The van der Waals surface area contributed by atoms with Gasteiger partial charge >= 0.3 is 0 Å². The van der Waals surface area contributed by atoms with Crippen LogP contribution in [0.2, 0.25) is 0 Å². The van der Waals surface area contributed by atoms with Crippen LogP contribution in [0.4, 0.5) is 0 Å². The van der Waals surface area contributed by atoms with E-state index in [-0.39, 0.29) is 0 Å². The van der Waals surface area contributed by atoms with Crippen molar-refractivity contribution in [3.05, 3.63) is 12.3 Å². The molecule has 3 heteroatoms. The van der Waals surface area contributed by atoms with E-state index >= 15 is 0 Å². The Hall–Kier alpha value is -1.12. The summed E-state index contributed by atoms with van der Waals surface area (Å²) < 4.78 is 0. The Bertz CT molecular complexity index is 129. The number of aldehydes is 1. The first kappa shape index (κ1) is 7.88. The summed E-state index contributed by atoms with van der Waals surface area (Å²) in [6.45, 7) is 1.98. The van der Waals surface area contributed by atoms with Crippen molar-refractivity contribution in [3.8, 4) is 0 Å². The molecule has 0 aliphatic carbocycles. The fraction of sp³-hybridized carbons (Fsp3) is 0.333. The Balaban J connectivity index is 3.24. The molecule has 0 unspecified atom stereocenters. The van der Waals surface area contributed by atoms with Gasteiger partial charge in [-0.1, -0.05) is 0 Å². The molecule has 3 nitrogen and oxygen atoms in total. The van der Waals surface area contributed by atoms with Gasteiger partial charge in [0.05, 0.1) is 6.54 Å². The first-order chi connectivity index (χ1) is 4.27. The zero-order valence-electron chi connectivity index (χ0n) is 5.35. The third kappa shape index (κ3) is 6.88. The molecule has 0 saturated carbocycles. The number of rotatable bonds is 4. The third-order valence-corrected chi connectivity index (χ3v) is 0.652. The highest BCUT2D eigenvalue weighted by atomic mass is 16.1. The third-order valence-electron chi connectivity index (χ3n) is 0.652. The van der Waals surface area contributed by atoms with Gasteiger partial charge in [0.25, 0.3) is 0 Å². The summed E-state index contributed by atoms with van der Waals surface area (Å²) in [5.74, 6) is 0. The second-order valence-corrected chi connectivity index (χ2v) is 1.59. The zero-order chi connectivity index (χ0) is 7.11. The van der Waals surface area contributed by atoms with Crippen molar-refractivity contribution in [1.29, 1.82) is 5.41 Å². The van der Waals surface area contributed by atoms with Gasteiger partial charge in [0.15, 0.2) is 0 Å². The molecule has 0 atom stereocenters. The number of carbonyl (C=O) groups is 1. The SMILES string of the molecule is CC(=N)/C=C\NCC=O. The molecule has 0 amide bonds. The van der Waals surface area contributed by atoms with Gasteiger partial charge < -0.3 is 15.5 Å². The van der Waals surface area contributed by atoms with Crippen molar-refractivity contribution in [1.82, 2.24) is 5.32 Å². The molecule has 0 aromatic rings. The summed E-state index contributed by atoms with van der Waals surface area (Å²) in [7, 11) is 0. The number of hydrogen-bond acceptors (Lipinski definition) is 3. The first-order valence-corrected chi connectivity index (χ1v) is 2.66. The maximum atomic E-state index is 9.70. The molecule has 0 rings (SSSR count). The summed E-state index contributed by atoms with van der Waals surface area (Å²) in [5, 5.41) is 9.59. The standard InChI is InChI=1S/C6H10N2O/c1-6(7)2-3-8-4-5-9/h2-3,5,7-8H,4H2,1H3/b3-2-,7-6?. The Morgan fingerprint density at radius 2 is 2.44 bits per heavy atom. The number of carbonyl (C=O) groups excluding carboxylic acids is 1. The number of allylic oxidation sites excluding steroid dienone is 1. The van der Waals surface area contributed by atoms with E-state index < -0.39 is 0 Å². The summed E-state index contributed by atoms with van der Waals surface area (Å²) in [6.07, 6.45) is 3.93. The van der Waals surface area contributed by atoms with Gasteiger partial charge in [-0.15, -0.1) is 0 Å². The molecule has 2 N–H and O–H groups in total. The summed E-state index contributed by atoms with van der Waals surface area (Å²) in [4.78, 5) is 9.70. The second kappa shape index (κ2) is 5.03. The molecule has 50 valence electrons. The Kier molecular flexibility index (Phi) is 4.40. The molecule has 0 aliphatic rings. The highest BCUT2D eigenvalue weighted by molar-refractivity contribution is 5.89. The zero-order valence-corrected chi connectivity index (χ0v) is 5.35. The van der Waals surface area contributed by atoms with Crippen molar-refractivity contribution in [3.63, 3.8) is 0 Å². The average molecular weight is 126 g/mol. The van der Waals surface area contributed by atoms with Crippen LogP contribution in [0.5, 0.6) is 0 Å². The minimum absolute atomic E-state index is 0.309. The van der Waals surface area contributed by atoms with Crippen LogP contribution in [0.25, 0.3) is 0 Å². The quantitative estimate of drug-likeness (QED) is 0.324. The largest absolute Gasteiger partial charge is 0.384 e. The van der Waals surface area contributed by atoms with Gasteiger partial charge in [0, 0.05) is 5.71 Å².